The SMILES string of the molecule is COC(=O)c1ccc(F)c(NCC2CCCN(C)C2)c1. The zero-order valence-electron chi connectivity index (χ0n) is 12.0. The largest absolute Gasteiger partial charge is 0.465 e. The highest BCUT2D eigenvalue weighted by Gasteiger charge is 2.17. The maximum Gasteiger partial charge on any atom is 0.337 e. The Morgan fingerprint density at radius 3 is 3.05 bits per heavy atom. The molecule has 1 unspecified atom stereocenters. The molecule has 1 saturated heterocycles. The number of halogens is 1. The number of ether oxygens (including phenoxy) is 1. The minimum atomic E-state index is -0.453. The molecule has 1 aliphatic heterocycles. The monoisotopic (exact) mass is 280 g/mol. The van der Waals surface area contributed by atoms with Gasteiger partial charge in [0.25, 0.3) is 0 Å². The molecule has 1 aliphatic rings. The molecule has 0 spiro atoms. The number of carbonyl (C=O) groups excluding carboxylic acids is 1. The third-order valence-corrected chi connectivity index (χ3v) is 3.69. The van der Waals surface area contributed by atoms with Gasteiger partial charge in [-0.1, -0.05) is 0 Å². The average Bonchev–Trinajstić information content (AvgIpc) is 2.45. The van der Waals surface area contributed by atoms with Crippen molar-refractivity contribution in [1.29, 1.82) is 0 Å². The lowest BCUT2D eigenvalue weighted by Gasteiger charge is -2.30. The summed E-state index contributed by atoms with van der Waals surface area (Å²) in [5, 5.41) is 3.11. The molecule has 0 amide bonds. The zero-order valence-corrected chi connectivity index (χ0v) is 12.0. The topological polar surface area (TPSA) is 41.6 Å². The van der Waals surface area contributed by atoms with Crippen LogP contribution >= 0.6 is 0 Å². The molecular formula is C15H21FN2O2. The van der Waals surface area contributed by atoms with Gasteiger partial charge in [0.05, 0.1) is 18.4 Å². The number of esters is 1. The van der Waals surface area contributed by atoms with Crippen LogP contribution in [0, 0.1) is 11.7 Å². The number of nitrogens with one attached hydrogen (secondary N) is 1. The van der Waals surface area contributed by atoms with Crippen LogP contribution in [0.15, 0.2) is 18.2 Å². The molecule has 1 aromatic carbocycles. The molecule has 0 radical (unpaired) electrons. The fraction of sp³-hybridized carbons (Fsp3) is 0.533. The molecule has 0 bridgehead atoms. The first kappa shape index (κ1) is 14.8. The molecule has 1 heterocycles. The van der Waals surface area contributed by atoms with E-state index in [9.17, 15) is 9.18 Å². The minimum absolute atomic E-state index is 0.346. The van der Waals surface area contributed by atoms with E-state index in [1.54, 1.807) is 0 Å². The van der Waals surface area contributed by atoms with E-state index in [1.807, 2.05) is 0 Å². The van der Waals surface area contributed by atoms with Crippen molar-refractivity contribution in [3.8, 4) is 0 Å². The van der Waals surface area contributed by atoms with Crippen molar-refractivity contribution in [2.75, 3.05) is 39.1 Å². The molecule has 20 heavy (non-hydrogen) atoms. The van der Waals surface area contributed by atoms with E-state index in [0.29, 0.717) is 23.7 Å². The van der Waals surface area contributed by atoms with E-state index in [-0.39, 0.29) is 5.82 Å². The van der Waals surface area contributed by atoms with Crippen LogP contribution in [0.1, 0.15) is 23.2 Å². The van der Waals surface area contributed by atoms with E-state index in [0.717, 1.165) is 19.5 Å². The van der Waals surface area contributed by atoms with Gasteiger partial charge in [0.15, 0.2) is 0 Å². The van der Waals surface area contributed by atoms with Crippen LogP contribution in [0.4, 0.5) is 10.1 Å². The molecule has 1 N–H and O–H groups in total. The Kier molecular flexibility index (Phi) is 4.95. The second kappa shape index (κ2) is 6.70. The number of likely N-dealkylation sites (tertiary alicyclic amines) is 1. The number of piperidine rings is 1. The fourth-order valence-electron chi connectivity index (χ4n) is 2.60. The number of hydrogen-bond donors (Lipinski definition) is 1. The molecule has 5 heteroatoms. The Morgan fingerprint density at radius 1 is 1.55 bits per heavy atom. The van der Waals surface area contributed by atoms with Crippen LogP contribution in [0.25, 0.3) is 0 Å². The lowest BCUT2D eigenvalue weighted by Crippen LogP contribution is -2.35. The maximum atomic E-state index is 13.7. The molecule has 1 aromatic rings. The summed E-state index contributed by atoms with van der Waals surface area (Å²) in [5.74, 6) is -0.290. The number of anilines is 1. The van der Waals surface area contributed by atoms with Gasteiger partial charge in [0, 0.05) is 13.1 Å². The van der Waals surface area contributed by atoms with Gasteiger partial charge >= 0.3 is 5.97 Å². The molecule has 0 aromatic heterocycles. The minimum Gasteiger partial charge on any atom is -0.465 e. The molecule has 110 valence electrons. The van der Waals surface area contributed by atoms with Crippen molar-refractivity contribution in [2.45, 2.75) is 12.8 Å². The molecule has 1 atom stereocenters. The summed E-state index contributed by atoms with van der Waals surface area (Å²) in [7, 11) is 3.42. The zero-order chi connectivity index (χ0) is 14.5. The van der Waals surface area contributed by atoms with Gasteiger partial charge in [-0.05, 0) is 50.6 Å². The van der Waals surface area contributed by atoms with Crippen molar-refractivity contribution in [2.24, 2.45) is 5.92 Å². The van der Waals surface area contributed by atoms with E-state index < -0.39 is 5.97 Å². The first-order valence-electron chi connectivity index (χ1n) is 6.90. The smallest absolute Gasteiger partial charge is 0.337 e. The van der Waals surface area contributed by atoms with Crippen LogP contribution in [0.3, 0.4) is 0 Å². The summed E-state index contributed by atoms with van der Waals surface area (Å²) in [6, 6.07) is 4.23. The lowest BCUT2D eigenvalue weighted by molar-refractivity contribution is 0.0600. The van der Waals surface area contributed by atoms with Crippen molar-refractivity contribution in [3.05, 3.63) is 29.6 Å². The van der Waals surface area contributed by atoms with Gasteiger partial charge in [-0.2, -0.15) is 0 Å². The molecule has 4 nitrogen and oxygen atoms in total. The quantitative estimate of drug-likeness (QED) is 0.860. The number of nitrogens with zero attached hydrogens (tertiary/aromatic N) is 1. The van der Waals surface area contributed by atoms with Crippen LogP contribution in [-0.2, 0) is 4.74 Å². The van der Waals surface area contributed by atoms with Crippen molar-refractivity contribution in [3.63, 3.8) is 0 Å². The number of rotatable bonds is 4. The Balaban J connectivity index is 1.99. The molecule has 0 aliphatic carbocycles. The second-order valence-corrected chi connectivity index (χ2v) is 5.34. The van der Waals surface area contributed by atoms with E-state index in [2.05, 4.69) is 22.0 Å². The summed E-state index contributed by atoms with van der Waals surface area (Å²) >= 11 is 0. The second-order valence-electron chi connectivity index (χ2n) is 5.34. The van der Waals surface area contributed by atoms with Crippen molar-refractivity contribution in [1.82, 2.24) is 4.90 Å². The summed E-state index contributed by atoms with van der Waals surface area (Å²) in [5.41, 5.74) is 0.721. The van der Waals surface area contributed by atoms with E-state index in [4.69, 9.17) is 0 Å². The standard InChI is InChI=1S/C15H21FN2O2/c1-18-7-3-4-11(10-18)9-17-14-8-12(15(19)20-2)5-6-13(14)16/h5-6,8,11,17H,3-4,7,9-10H2,1-2H3. The molecular weight excluding hydrogens is 259 g/mol. The van der Waals surface area contributed by atoms with Gasteiger partial charge in [-0.15, -0.1) is 0 Å². The average molecular weight is 280 g/mol. The third kappa shape index (κ3) is 3.70. The number of benzene rings is 1. The Bertz CT molecular complexity index is 479. The predicted molar refractivity (Wildman–Crippen MR) is 76.5 cm³/mol. The van der Waals surface area contributed by atoms with Crippen molar-refractivity contribution >= 4 is 11.7 Å². The summed E-state index contributed by atoms with van der Waals surface area (Å²) < 4.78 is 18.4. The van der Waals surface area contributed by atoms with Gasteiger partial charge in [-0.3, -0.25) is 0 Å². The van der Waals surface area contributed by atoms with Crippen LogP contribution in [0.2, 0.25) is 0 Å². The number of methoxy groups -OCH3 is 1. The number of carbonyl (C=O) groups is 1. The molecule has 1 fully saturated rings. The van der Waals surface area contributed by atoms with Gasteiger partial charge in [-0.25, -0.2) is 9.18 Å². The Labute approximate surface area is 118 Å². The van der Waals surface area contributed by atoms with Crippen molar-refractivity contribution < 1.29 is 13.9 Å². The summed E-state index contributed by atoms with van der Waals surface area (Å²) in [6.07, 6.45) is 2.32. The fourth-order valence-corrected chi connectivity index (χ4v) is 2.60. The van der Waals surface area contributed by atoms with Gasteiger partial charge in [0.1, 0.15) is 5.82 Å². The Hall–Kier alpha value is -1.62. The summed E-state index contributed by atoms with van der Waals surface area (Å²) in [6.45, 7) is 2.86. The first-order chi connectivity index (χ1) is 9.60. The number of hydrogen-bond acceptors (Lipinski definition) is 4. The predicted octanol–water partition coefficient (Wildman–Crippen LogP) is 2.37. The van der Waals surface area contributed by atoms with E-state index in [1.165, 1.54) is 31.7 Å². The van der Waals surface area contributed by atoms with Crippen LogP contribution in [0.5, 0.6) is 0 Å². The highest BCUT2D eigenvalue weighted by atomic mass is 19.1. The van der Waals surface area contributed by atoms with Gasteiger partial charge in [0.2, 0.25) is 0 Å². The first-order valence-corrected chi connectivity index (χ1v) is 6.90. The molecule has 2 rings (SSSR count). The highest BCUT2D eigenvalue weighted by Crippen LogP contribution is 2.20. The lowest BCUT2D eigenvalue weighted by atomic mass is 9.98. The normalized spacial score (nSPS) is 19.6. The van der Waals surface area contributed by atoms with Gasteiger partial charge < -0.3 is 15.0 Å². The maximum absolute atomic E-state index is 13.7. The van der Waals surface area contributed by atoms with Crippen LogP contribution < -0.4 is 5.32 Å². The Morgan fingerprint density at radius 2 is 2.35 bits per heavy atom. The van der Waals surface area contributed by atoms with Crippen LogP contribution in [-0.4, -0.2) is 44.7 Å². The summed E-state index contributed by atoms with van der Waals surface area (Å²) in [4.78, 5) is 13.7. The van der Waals surface area contributed by atoms with E-state index >= 15 is 0 Å². The molecule has 0 saturated carbocycles. The highest BCUT2D eigenvalue weighted by molar-refractivity contribution is 5.90. The third-order valence-electron chi connectivity index (χ3n) is 3.69.